The van der Waals surface area contributed by atoms with E-state index in [0.29, 0.717) is 4.86 Å². The lowest BCUT2D eigenvalue weighted by Crippen LogP contribution is -2.60. The zero-order valence-corrected chi connectivity index (χ0v) is 16.8. The number of halogens is 1. The van der Waals surface area contributed by atoms with Crippen LogP contribution in [0.2, 0.25) is 0 Å². The van der Waals surface area contributed by atoms with E-state index in [4.69, 9.17) is 3.74 Å². The van der Waals surface area contributed by atoms with Gasteiger partial charge in [-0.05, 0) is 28.3 Å². The Morgan fingerprint density at radius 3 is 1.62 bits per heavy atom. The van der Waals surface area contributed by atoms with E-state index in [1.807, 2.05) is 97.1 Å². The van der Waals surface area contributed by atoms with Crippen molar-refractivity contribution in [2.75, 3.05) is 0 Å². The van der Waals surface area contributed by atoms with Crippen molar-refractivity contribution in [2.24, 2.45) is 0 Å². The van der Waals surface area contributed by atoms with E-state index in [-0.39, 0.29) is 0 Å². The zero-order chi connectivity index (χ0) is 20.3. The van der Waals surface area contributed by atoms with Gasteiger partial charge in [0.25, 0.3) is 0 Å². The molecule has 0 saturated heterocycles. The number of rotatable bonds is 5. The highest BCUT2D eigenvalue weighted by Crippen LogP contribution is 2.41. The van der Waals surface area contributed by atoms with Crippen LogP contribution in [-0.2, 0) is 3.74 Å². The van der Waals surface area contributed by atoms with Gasteiger partial charge in [0.05, 0.1) is 15.1 Å². The Morgan fingerprint density at radius 2 is 1.10 bits per heavy atom. The second-order valence-corrected chi connectivity index (χ2v) is 8.79. The summed E-state index contributed by atoms with van der Waals surface area (Å²) < 4.78 is 39.2. The SMILES string of the molecule is [O-][Cl+3]([O-])([O-])OS1=C(c2ccccc2)C(c2ccccc2)=C(c2ccccc2)C=C1. The average Bonchev–Trinajstić information content (AvgIpc) is 2.74. The maximum Gasteiger partial charge on any atom is 0.141 e. The lowest BCUT2D eigenvalue weighted by atomic mass is 9.89. The van der Waals surface area contributed by atoms with E-state index >= 15 is 0 Å². The van der Waals surface area contributed by atoms with Crippen LogP contribution in [0.4, 0.5) is 0 Å². The van der Waals surface area contributed by atoms with Crippen molar-refractivity contribution in [3.63, 3.8) is 0 Å². The molecule has 4 nitrogen and oxygen atoms in total. The summed E-state index contributed by atoms with van der Waals surface area (Å²) in [5.41, 5.74) is 4.47. The number of allylic oxidation sites excluding steroid dienone is 3. The first-order chi connectivity index (χ1) is 14.0. The van der Waals surface area contributed by atoms with Gasteiger partial charge in [0.2, 0.25) is 0 Å². The van der Waals surface area contributed by atoms with E-state index in [1.165, 1.54) is 0 Å². The summed E-state index contributed by atoms with van der Waals surface area (Å²) in [5.74, 6) is 0. The van der Waals surface area contributed by atoms with Crippen molar-refractivity contribution in [3.05, 3.63) is 119 Å². The summed E-state index contributed by atoms with van der Waals surface area (Å²) in [6, 6.07) is 28.9. The molecule has 0 N–H and O–H groups in total. The predicted molar refractivity (Wildman–Crippen MR) is 108 cm³/mol. The van der Waals surface area contributed by atoms with Crippen LogP contribution >= 0.6 is 10.8 Å². The molecule has 6 heteroatoms. The smallest absolute Gasteiger partial charge is 0.141 e. The molecule has 0 radical (unpaired) electrons. The van der Waals surface area contributed by atoms with Crippen LogP contribution < -0.4 is 14.0 Å². The maximum atomic E-state index is 11.4. The third-order valence-corrected chi connectivity index (χ3v) is 6.77. The van der Waals surface area contributed by atoms with Crippen molar-refractivity contribution in [1.29, 1.82) is 0 Å². The second-order valence-electron chi connectivity index (χ2n) is 6.26. The highest BCUT2D eigenvalue weighted by Gasteiger charge is 2.30. The van der Waals surface area contributed by atoms with Crippen LogP contribution in [0.3, 0.4) is 0 Å². The fourth-order valence-electron chi connectivity index (χ4n) is 3.24. The van der Waals surface area contributed by atoms with E-state index < -0.39 is 21.0 Å². The summed E-state index contributed by atoms with van der Waals surface area (Å²) in [5, 5.41) is 1.64. The van der Waals surface area contributed by atoms with Crippen molar-refractivity contribution in [2.45, 2.75) is 0 Å². The zero-order valence-electron chi connectivity index (χ0n) is 15.2. The van der Waals surface area contributed by atoms with E-state index in [2.05, 4.69) is 0 Å². The summed E-state index contributed by atoms with van der Waals surface area (Å²) in [6.07, 6.45) is 1.83. The molecule has 4 rings (SSSR count). The van der Waals surface area contributed by atoms with E-state index in [9.17, 15) is 14.0 Å². The van der Waals surface area contributed by atoms with Crippen molar-refractivity contribution in [1.82, 2.24) is 0 Å². The Labute approximate surface area is 173 Å². The molecule has 0 saturated carbocycles. The molecule has 146 valence electrons. The number of hydrogen-bond acceptors (Lipinski definition) is 4. The molecule has 0 aliphatic carbocycles. The number of benzene rings is 3. The molecule has 29 heavy (non-hydrogen) atoms. The summed E-state index contributed by atoms with van der Waals surface area (Å²) in [4.78, 5) is 0.657. The molecule has 0 spiro atoms. The van der Waals surface area contributed by atoms with E-state index in [1.54, 1.807) is 5.41 Å². The second kappa shape index (κ2) is 8.47. The highest BCUT2D eigenvalue weighted by molar-refractivity contribution is 8.15. The van der Waals surface area contributed by atoms with Gasteiger partial charge in [-0.3, -0.25) is 0 Å². The van der Waals surface area contributed by atoms with Crippen LogP contribution in [0, 0.1) is 10.2 Å². The molecule has 1 atom stereocenters. The third kappa shape index (κ3) is 4.57. The van der Waals surface area contributed by atoms with Gasteiger partial charge >= 0.3 is 0 Å². The molecule has 1 aliphatic heterocycles. The molecular weight excluding hydrogens is 408 g/mol. The Hall–Kier alpha value is -2.51. The van der Waals surface area contributed by atoms with E-state index in [0.717, 1.165) is 27.8 Å². The quantitative estimate of drug-likeness (QED) is 0.589. The lowest BCUT2D eigenvalue weighted by Gasteiger charge is -2.23. The molecule has 0 bridgehead atoms. The first kappa shape index (κ1) is 19.8. The molecule has 0 amide bonds. The van der Waals surface area contributed by atoms with Gasteiger partial charge in [-0.1, -0.05) is 91.0 Å². The number of hydrogen-bond donors (Lipinski definition) is 0. The predicted octanol–water partition coefficient (Wildman–Crippen LogP) is 2.44. The van der Waals surface area contributed by atoms with Gasteiger partial charge in [-0.2, -0.15) is 14.0 Å². The highest BCUT2D eigenvalue weighted by atomic mass is 35.7. The first-order valence-electron chi connectivity index (χ1n) is 8.83. The first-order valence-corrected chi connectivity index (χ1v) is 11.3. The molecular formula is C23H17ClO4S. The molecule has 0 fully saturated rings. The molecule has 1 aliphatic rings. The van der Waals surface area contributed by atoms with Crippen LogP contribution in [-0.4, -0.2) is 4.86 Å². The Bertz CT molecular complexity index is 1090. The van der Waals surface area contributed by atoms with Crippen molar-refractivity contribution in [3.8, 4) is 0 Å². The van der Waals surface area contributed by atoms with Crippen LogP contribution in [0.25, 0.3) is 11.1 Å². The summed E-state index contributed by atoms with van der Waals surface area (Å²) in [6.45, 7) is 0. The molecule has 1 heterocycles. The van der Waals surface area contributed by atoms with Crippen molar-refractivity contribution >= 4 is 26.8 Å². The minimum absolute atomic E-state index is 0.657. The Morgan fingerprint density at radius 1 is 0.621 bits per heavy atom. The molecule has 0 aromatic heterocycles. The summed E-state index contributed by atoms with van der Waals surface area (Å²) in [7, 11) is -5.95. The van der Waals surface area contributed by atoms with Gasteiger partial charge in [-0.25, -0.2) is 0 Å². The van der Waals surface area contributed by atoms with Gasteiger partial charge in [-0.15, -0.1) is 0 Å². The monoisotopic (exact) mass is 424 g/mol. The normalized spacial score (nSPS) is 16.9. The summed E-state index contributed by atoms with van der Waals surface area (Å²) >= 11 is 0. The molecule has 1 unspecified atom stereocenters. The third-order valence-electron chi connectivity index (χ3n) is 4.38. The topological polar surface area (TPSA) is 78.4 Å². The molecule has 3 aromatic rings. The Kier molecular flexibility index (Phi) is 5.78. The lowest BCUT2D eigenvalue weighted by molar-refractivity contribution is -1.91. The Balaban J connectivity index is 2.04. The van der Waals surface area contributed by atoms with Crippen LogP contribution in [0.1, 0.15) is 16.7 Å². The maximum absolute atomic E-state index is 11.4. The van der Waals surface area contributed by atoms with Gasteiger partial charge in [0.15, 0.2) is 0 Å². The fourth-order valence-corrected chi connectivity index (χ4v) is 5.52. The van der Waals surface area contributed by atoms with Gasteiger partial charge < -0.3 is 0 Å². The van der Waals surface area contributed by atoms with Gasteiger partial charge in [0.1, 0.15) is 14.5 Å². The largest absolute Gasteiger partial charge is 0.182 e. The van der Waals surface area contributed by atoms with Crippen LogP contribution in [0.15, 0.2) is 102 Å². The van der Waals surface area contributed by atoms with Crippen molar-refractivity contribution < 1.29 is 28.0 Å². The average molecular weight is 425 g/mol. The molecule has 3 aromatic carbocycles. The minimum atomic E-state index is -4.59. The minimum Gasteiger partial charge on any atom is -0.182 e. The van der Waals surface area contributed by atoms with Crippen LogP contribution in [0.5, 0.6) is 0 Å². The standard InChI is InChI=1S/C23H17ClO4S/c25-24(26,27)28-29-17-16-21(18-10-4-1-5-11-18)22(19-12-6-2-7-13-19)23(29)20-14-8-3-9-15-20/h1-17H. The fraction of sp³-hybridized carbons (Fsp3) is 0. The van der Waals surface area contributed by atoms with Gasteiger partial charge in [0, 0.05) is 11.0 Å².